The van der Waals surface area contributed by atoms with E-state index in [2.05, 4.69) is 160 Å². The summed E-state index contributed by atoms with van der Waals surface area (Å²) in [5, 5.41) is 4.46. The van der Waals surface area contributed by atoms with E-state index in [1.165, 1.54) is 44.5 Å². The van der Waals surface area contributed by atoms with Crippen molar-refractivity contribution in [1.29, 1.82) is 0 Å². The van der Waals surface area contributed by atoms with Crippen LogP contribution in [0.4, 0.5) is 17.1 Å². The van der Waals surface area contributed by atoms with Crippen LogP contribution in [0.3, 0.4) is 0 Å². The van der Waals surface area contributed by atoms with Gasteiger partial charge in [-0.1, -0.05) is 107 Å². The highest BCUT2D eigenvalue weighted by Crippen LogP contribution is 2.54. The number of furan rings is 2. The fourth-order valence-electron chi connectivity index (χ4n) is 9.30. The number of fused-ring (bicyclic) bond motifs is 12. The van der Waals surface area contributed by atoms with Crippen molar-refractivity contribution in [2.75, 3.05) is 4.90 Å². The molecule has 9 aromatic rings. The van der Waals surface area contributed by atoms with Crippen molar-refractivity contribution in [1.82, 2.24) is 0 Å². The molecule has 0 aliphatic heterocycles. The number of hydrogen-bond acceptors (Lipinski definition) is 3. The van der Waals surface area contributed by atoms with Gasteiger partial charge in [-0.05, 0) is 99.1 Å². The standard InChI is InChI=1S/C48H35NO2/c1-47(2)37-15-8-5-12-30(37)32-22-20-28(24-39(32)47)49(29-21-23-34-33-14-7-10-18-42(33)50-44(34)25-29)41-17-11-19-43-46(41)36-26-35-31-13-6-9-16-38(31)48(3,4)40(35)27-45(36)51-43/h5-27H,1-4H3. The van der Waals surface area contributed by atoms with Crippen molar-refractivity contribution < 1.29 is 8.83 Å². The Morgan fingerprint density at radius 1 is 0.392 bits per heavy atom. The van der Waals surface area contributed by atoms with Gasteiger partial charge in [0.05, 0.1) is 11.1 Å². The molecule has 0 spiro atoms. The Hall–Kier alpha value is -6.06. The van der Waals surface area contributed by atoms with Crippen molar-refractivity contribution in [3.8, 4) is 22.3 Å². The summed E-state index contributed by atoms with van der Waals surface area (Å²) in [4.78, 5) is 2.40. The van der Waals surface area contributed by atoms with Gasteiger partial charge in [0.2, 0.25) is 0 Å². The fraction of sp³-hybridized carbons (Fsp3) is 0.125. The van der Waals surface area contributed by atoms with E-state index in [0.29, 0.717) is 0 Å². The van der Waals surface area contributed by atoms with Crippen molar-refractivity contribution >= 4 is 60.9 Å². The van der Waals surface area contributed by atoms with Crippen molar-refractivity contribution in [2.45, 2.75) is 38.5 Å². The minimum Gasteiger partial charge on any atom is -0.456 e. The highest BCUT2D eigenvalue weighted by molar-refractivity contribution is 6.15. The van der Waals surface area contributed by atoms with Crippen molar-refractivity contribution in [3.05, 3.63) is 162 Å². The van der Waals surface area contributed by atoms with Crippen LogP contribution in [-0.4, -0.2) is 0 Å². The molecule has 0 saturated heterocycles. The van der Waals surface area contributed by atoms with Gasteiger partial charge < -0.3 is 13.7 Å². The molecular formula is C48H35NO2. The first kappa shape index (κ1) is 28.7. The molecular weight excluding hydrogens is 623 g/mol. The average molecular weight is 658 g/mol. The van der Waals surface area contributed by atoms with E-state index in [9.17, 15) is 0 Å². The summed E-state index contributed by atoms with van der Waals surface area (Å²) < 4.78 is 13.2. The lowest BCUT2D eigenvalue weighted by Crippen LogP contribution is -2.16. The largest absolute Gasteiger partial charge is 0.456 e. The van der Waals surface area contributed by atoms with Gasteiger partial charge in [-0.3, -0.25) is 0 Å². The van der Waals surface area contributed by atoms with Crippen LogP contribution in [-0.2, 0) is 10.8 Å². The van der Waals surface area contributed by atoms with E-state index in [0.717, 1.165) is 60.9 Å². The van der Waals surface area contributed by atoms with Crippen molar-refractivity contribution in [3.63, 3.8) is 0 Å². The Labute approximate surface area is 296 Å². The van der Waals surface area contributed by atoms with E-state index in [1.54, 1.807) is 0 Å². The second kappa shape index (κ2) is 9.80. The lowest BCUT2D eigenvalue weighted by Gasteiger charge is -2.28. The minimum atomic E-state index is -0.134. The van der Waals surface area contributed by atoms with Crippen LogP contribution in [0, 0.1) is 0 Å². The maximum Gasteiger partial charge on any atom is 0.137 e. The molecule has 7 aromatic carbocycles. The smallest absolute Gasteiger partial charge is 0.137 e. The highest BCUT2D eigenvalue weighted by atomic mass is 16.3. The lowest BCUT2D eigenvalue weighted by atomic mass is 9.82. The van der Waals surface area contributed by atoms with E-state index < -0.39 is 0 Å². The first-order valence-electron chi connectivity index (χ1n) is 17.8. The maximum absolute atomic E-state index is 6.75. The third-order valence-electron chi connectivity index (χ3n) is 11.9. The van der Waals surface area contributed by atoms with Crippen LogP contribution in [0.2, 0.25) is 0 Å². The molecule has 0 saturated carbocycles. The predicted molar refractivity (Wildman–Crippen MR) is 211 cm³/mol. The molecule has 51 heavy (non-hydrogen) atoms. The van der Waals surface area contributed by atoms with Gasteiger partial charge in [-0.2, -0.15) is 0 Å². The summed E-state index contributed by atoms with van der Waals surface area (Å²) in [6.07, 6.45) is 0. The Morgan fingerprint density at radius 3 is 1.76 bits per heavy atom. The fourth-order valence-corrected chi connectivity index (χ4v) is 9.30. The Morgan fingerprint density at radius 2 is 0.961 bits per heavy atom. The summed E-state index contributed by atoms with van der Waals surface area (Å²) in [5.41, 5.74) is 17.1. The minimum absolute atomic E-state index is 0.106. The van der Waals surface area contributed by atoms with Crippen molar-refractivity contribution in [2.24, 2.45) is 0 Å². The number of hydrogen-bond donors (Lipinski definition) is 0. The zero-order valence-electron chi connectivity index (χ0n) is 29.0. The molecule has 0 atom stereocenters. The summed E-state index contributed by atoms with van der Waals surface area (Å²) in [5.74, 6) is 0. The third-order valence-corrected chi connectivity index (χ3v) is 11.9. The van der Waals surface area contributed by atoms with Gasteiger partial charge in [-0.25, -0.2) is 0 Å². The van der Waals surface area contributed by atoms with Gasteiger partial charge >= 0.3 is 0 Å². The molecule has 2 heterocycles. The molecule has 3 nitrogen and oxygen atoms in total. The van der Waals surface area contributed by atoms with Crippen LogP contribution in [0.1, 0.15) is 49.9 Å². The quantitative estimate of drug-likeness (QED) is 0.189. The van der Waals surface area contributed by atoms with Gasteiger partial charge in [-0.15, -0.1) is 0 Å². The molecule has 11 rings (SSSR count). The number of benzene rings is 7. The molecule has 2 aliphatic carbocycles. The molecule has 0 amide bonds. The SMILES string of the molecule is CC1(C)c2ccccc2-c2ccc(N(c3ccc4c(c3)oc3ccccc34)c3cccc4oc5cc6c(cc5c34)-c3ccccc3C6(C)C)cc21. The molecule has 0 bridgehead atoms. The van der Waals surface area contributed by atoms with Crippen LogP contribution in [0.15, 0.2) is 148 Å². The summed E-state index contributed by atoms with van der Waals surface area (Å²) in [6.45, 7) is 9.33. The number of anilines is 3. The molecule has 2 aromatic heterocycles. The molecule has 0 N–H and O–H groups in total. The first-order chi connectivity index (χ1) is 24.8. The van der Waals surface area contributed by atoms with Gasteiger partial charge in [0.25, 0.3) is 0 Å². The average Bonchev–Trinajstić information content (AvgIpc) is 3.84. The molecule has 2 aliphatic rings. The van der Waals surface area contributed by atoms with Crippen LogP contribution in [0.25, 0.3) is 66.1 Å². The predicted octanol–water partition coefficient (Wildman–Crippen LogP) is 13.6. The zero-order chi connectivity index (χ0) is 34.2. The topological polar surface area (TPSA) is 29.5 Å². The Balaban J connectivity index is 1.19. The summed E-state index contributed by atoms with van der Waals surface area (Å²) in [6, 6.07) is 50.7. The zero-order valence-corrected chi connectivity index (χ0v) is 29.0. The van der Waals surface area contributed by atoms with Crippen LogP contribution in [0.5, 0.6) is 0 Å². The molecule has 244 valence electrons. The lowest BCUT2D eigenvalue weighted by molar-refractivity contribution is 0.647. The van der Waals surface area contributed by atoms with E-state index in [4.69, 9.17) is 8.83 Å². The number of nitrogens with zero attached hydrogens (tertiary/aromatic N) is 1. The molecule has 0 unspecified atom stereocenters. The highest BCUT2D eigenvalue weighted by Gasteiger charge is 2.38. The normalized spacial score (nSPS) is 15.0. The molecule has 0 radical (unpaired) electrons. The van der Waals surface area contributed by atoms with Crippen LogP contribution >= 0.6 is 0 Å². The van der Waals surface area contributed by atoms with Crippen LogP contribution < -0.4 is 4.90 Å². The van der Waals surface area contributed by atoms with E-state index >= 15 is 0 Å². The van der Waals surface area contributed by atoms with Gasteiger partial charge in [0.15, 0.2) is 0 Å². The maximum atomic E-state index is 6.75. The first-order valence-corrected chi connectivity index (χ1v) is 17.8. The summed E-state index contributed by atoms with van der Waals surface area (Å²) >= 11 is 0. The number of rotatable bonds is 3. The Kier molecular flexibility index (Phi) is 5.52. The molecule has 0 fully saturated rings. The van der Waals surface area contributed by atoms with Gasteiger partial charge in [0, 0.05) is 44.4 Å². The van der Waals surface area contributed by atoms with E-state index in [1.807, 2.05) is 12.1 Å². The second-order valence-corrected chi connectivity index (χ2v) is 15.3. The monoisotopic (exact) mass is 657 g/mol. The Bertz CT molecular complexity index is 2940. The van der Waals surface area contributed by atoms with Gasteiger partial charge in [0.1, 0.15) is 22.3 Å². The van der Waals surface area contributed by atoms with E-state index in [-0.39, 0.29) is 10.8 Å². The molecule has 3 heteroatoms. The number of para-hydroxylation sites is 1. The third kappa shape index (κ3) is 3.78. The second-order valence-electron chi connectivity index (χ2n) is 15.3. The summed E-state index contributed by atoms with van der Waals surface area (Å²) in [7, 11) is 0.